The first-order valence-corrected chi connectivity index (χ1v) is 6.34. The lowest BCUT2D eigenvalue weighted by molar-refractivity contribution is 0.329. The van der Waals surface area contributed by atoms with Gasteiger partial charge in [0.2, 0.25) is 6.39 Å². The van der Waals surface area contributed by atoms with Crippen molar-refractivity contribution in [1.82, 2.24) is 25.0 Å². The molecular formula is C12H17N5O. The van der Waals surface area contributed by atoms with Crippen molar-refractivity contribution in [3.63, 3.8) is 0 Å². The van der Waals surface area contributed by atoms with E-state index in [1.54, 1.807) is 0 Å². The lowest BCUT2D eigenvalue weighted by Crippen LogP contribution is -2.35. The molecule has 3 rings (SSSR count). The van der Waals surface area contributed by atoms with Crippen molar-refractivity contribution in [2.45, 2.75) is 44.8 Å². The van der Waals surface area contributed by atoms with E-state index in [9.17, 15) is 0 Å². The molecule has 1 saturated heterocycles. The summed E-state index contributed by atoms with van der Waals surface area (Å²) in [6.07, 6.45) is 8.76. The first-order chi connectivity index (χ1) is 8.83. The van der Waals surface area contributed by atoms with Gasteiger partial charge in [0.25, 0.3) is 0 Å². The van der Waals surface area contributed by atoms with Crippen molar-refractivity contribution in [3.05, 3.63) is 30.4 Å². The molecule has 6 nitrogen and oxygen atoms in total. The van der Waals surface area contributed by atoms with Crippen LogP contribution in [0.15, 0.2) is 23.4 Å². The first kappa shape index (κ1) is 11.4. The van der Waals surface area contributed by atoms with Crippen molar-refractivity contribution >= 4 is 0 Å². The van der Waals surface area contributed by atoms with E-state index in [0.717, 1.165) is 6.42 Å². The smallest absolute Gasteiger partial charge is 0.213 e. The van der Waals surface area contributed by atoms with Gasteiger partial charge < -0.3 is 14.4 Å². The Bertz CT molecular complexity index is 492. The second-order valence-electron chi connectivity index (χ2n) is 4.85. The van der Waals surface area contributed by atoms with Crippen LogP contribution in [0.3, 0.4) is 0 Å². The Balaban J connectivity index is 1.78. The van der Waals surface area contributed by atoms with E-state index < -0.39 is 0 Å². The van der Waals surface area contributed by atoms with E-state index in [1.165, 1.54) is 24.9 Å². The number of imidazole rings is 1. The largest absolute Gasteiger partial charge is 0.343 e. The van der Waals surface area contributed by atoms with Gasteiger partial charge in [-0.2, -0.15) is 4.98 Å². The molecule has 1 aliphatic heterocycles. The summed E-state index contributed by atoms with van der Waals surface area (Å²) in [6, 6.07) is 0.945. The lowest BCUT2D eigenvalue weighted by atomic mass is 9.97. The van der Waals surface area contributed by atoms with Crippen molar-refractivity contribution in [2.75, 3.05) is 0 Å². The Hall–Kier alpha value is -1.69. The third-order valence-corrected chi connectivity index (χ3v) is 3.44. The van der Waals surface area contributed by atoms with Crippen molar-refractivity contribution in [1.29, 1.82) is 0 Å². The molecular weight excluding hydrogens is 230 g/mol. The van der Waals surface area contributed by atoms with Gasteiger partial charge in [0, 0.05) is 18.3 Å². The Morgan fingerprint density at radius 2 is 2.44 bits per heavy atom. The van der Waals surface area contributed by atoms with E-state index in [-0.39, 0.29) is 0 Å². The maximum atomic E-state index is 4.76. The zero-order valence-electron chi connectivity index (χ0n) is 10.4. The Kier molecular flexibility index (Phi) is 3.10. The summed E-state index contributed by atoms with van der Waals surface area (Å²) >= 11 is 0. The van der Waals surface area contributed by atoms with Gasteiger partial charge in [-0.3, -0.25) is 0 Å². The molecule has 0 aromatic carbocycles. The van der Waals surface area contributed by atoms with Crippen LogP contribution in [-0.4, -0.2) is 25.7 Å². The molecule has 0 spiro atoms. The second-order valence-corrected chi connectivity index (χ2v) is 4.85. The average molecular weight is 247 g/mol. The monoisotopic (exact) mass is 247 g/mol. The Morgan fingerprint density at radius 3 is 3.22 bits per heavy atom. The van der Waals surface area contributed by atoms with Crippen LogP contribution in [0.1, 0.15) is 43.7 Å². The number of hydrogen-bond donors (Lipinski definition) is 1. The van der Waals surface area contributed by atoms with Crippen molar-refractivity contribution < 1.29 is 4.52 Å². The fourth-order valence-electron chi connectivity index (χ4n) is 2.54. The molecule has 2 aromatic heterocycles. The van der Waals surface area contributed by atoms with E-state index in [0.29, 0.717) is 24.5 Å². The average Bonchev–Trinajstić information content (AvgIpc) is 3.01. The number of rotatable bonds is 3. The van der Waals surface area contributed by atoms with Crippen LogP contribution < -0.4 is 5.32 Å². The molecule has 1 fully saturated rings. The Labute approximate surface area is 105 Å². The second kappa shape index (κ2) is 4.89. The molecule has 0 radical (unpaired) electrons. The van der Waals surface area contributed by atoms with Crippen LogP contribution in [0.25, 0.3) is 0 Å². The molecule has 6 heteroatoms. The molecule has 18 heavy (non-hydrogen) atoms. The number of nitrogens with one attached hydrogen (secondary N) is 1. The molecule has 1 N–H and O–H groups in total. The lowest BCUT2D eigenvalue weighted by Gasteiger charge is -2.29. The summed E-state index contributed by atoms with van der Waals surface area (Å²) in [6.45, 7) is 2.84. The number of nitrogens with zero attached hydrogens (tertiary/aromatic N) is 4. The van der Waals surface area contributed by atoms with E-state index in [4.69, 9.17) is 4.52 Å². The van der Waals surface area contributed by atoms with Crippen LogP contribution in [0.5, 0.6) is 0 Å². The minimum Gasteiger partial charge on any atom is -0.343 e. The summed E-state index contributed by atoms with van der Waals surface area (Å²) in [5.41, 5.74) is 1.20. The SMILES string of the molecule is CC1CCCC(c2cncn2Cc2ncon2)N1. The highest BCUT2D eigenvalue weighted by Crippen LogP contribution is 2.25. The van der Waals surface area contributed by atoms with Crippen LogP contribution in [-0.2, 0) is 6.54 Å². The standard InChI is InChI=1S/C12H17N5O/c1-9-3-2-4-10(15-9)11-5-13-7-17(11)6-12-14-8-18-16-12/h5,7-10,15H,2-4,6H2,1H3. The van der Waals surface area contributed by atoms with Gasteiger partial charge in [-0.05, 0) is 26.2 Å². The van der Waals surface area contributed by atoms with Gasteiger partial charge in [0.15, 0.2) is 5.82 Å². The maximum absolute atomic E-state index is 4.76. The minimum atomic E-state index is 0.378. The number of aromatic nitrogens is 4. The topological polar surface area (TPSA) is 68.8 Å². The molecule has 2 unspecified atom stereocenters. The fraction of sp³-hybridized carbons (Fsp3) is 0.583. The minimum absolute atomic E-state index is 0.378. The van der Waals surface area contributed by atoms with Crippen LogP contribution >= 0.6 is 0 Å². The molecule has 0 saturated carbocycles. The highest BCUT2D eigenvalue weighted by atomic mass is 16.5. The molecule has 1 aliphatic rings. The van der Waals surface area contributed by atoms with Gasteiger partial charge in [-0.1, -0.05) is 5.16 Å². The summed E-state index contributed by atoms with van der Waals surface area (Å²) in [5.74, 6) is 0.679. The van der Waals surface area contributed by atoms with E-state index in [2.05, 4.69) is 31.9 Å². The zero-order chi connectivity index (χ0) is 12.4. The predicted molar refractivity (Wildman–Crippen MR) is 64.8 cm³/mol. The third kappa shape index (κ3) is 2.28. The molecule has 3 heterocycles. The molecule has 0 amide bonds. The molecule has 2 atom stereocenters. The van der Waals surface area contributed by atoms with Crippen molar-refractivity contribution in [2.24, 2.45) is 0 Å². The van der Waals surface area contributed by atoms with Gasteiger partial charge in [-0.25, -0.2) is 4.98 Å². The molecule has 2 aromatic rings. The Morgan fingerprint density at radius 1 is 1.50 bits per heavy atom. The van der Waals surface area contributed by atoms with Crippen molar-refractivity contribution in [3.8, 4) is 0 Å². The molecule has 0 aliphatic carbocycles. The maximum Gasteiger partial charge on any atom is 0.213 e. The summed E-state index contributed by atoms with van der Waals surface area (Å²) in [4.78, 5) is 8.29. The molecule has 96 valence electrons. The summed E-state index contributed by atoms with van der Waals surface area (Å²) < 4.78 is 6.84. The summed E-state index contributed by atoms with van der Waals surface area (Å²) in [7, 11) is 0. The van der Waals surface area contributed by atoms with Crippen LogP contribution in [0, 0.1) is 0 Å². The quantitative estimate of drug-likeness (QED) is 0.890. The first-order valence-electron chi connectivity index (χ1n) is 6.34. The van der Waals surface area contributed by atoms with Crippen LogP contribution in [0.2, 0.25) is 0 Å². The fourth-order valence-corrected chi connectivity index (χ4v) is 2.54. The predicted octanol–water partition coefficient (Wildman–Crippen LogP) is 1.52. The third-order valence-electron chi connectivity index (χ3n) is 3.44. The number of hydrogen-bond acceptors (Lipinski definition) is 5. The normalized spacial score (nSPS) is 24.3. The zero-order valence-corrected chi connectivity index (χ0v) is 10.4. The van der Waals surface area contributed by atoms with Gasteiger partial charge in [0.1, 0.15) is 0 Å². The van der Waals surface area contributed by atoms with Crippen LogP contribution in [0.4, 0.5) is 0 Å². The van der Waals surface area contributed by atoms with E-state index in [1.807, 2.05) is 12.5 Å². The summed E-state index contributed by atoms with van der Waals surface area (Å²) in [5, 5.41) is 7.45. The highest BCUT2D eigenvalue weighted by Gasteiger charge is 2.22. The molecule has 0 bridgehead atoms. The highest BCUT2D eigenvalue weighted by molar-refractivity contribution is 5.08. The van der Waals surface area contributed by atoms with Gasteiger partial charge in [-0.15, -0.1) is 0 Å². The van der Waals surface area contributed by atoms with Gasteiger partial charge >= 0.3 is 0 Å². The number of piperidine rings is 1. The van der Waals surface area contributed by atoms with Gasteiger partial charge in [0.05, 0.1) is 18.6 Å². The van der Waals surface area contributed by atoms with E-state index >= 15 is 0 Å².